The lowest BCUT2D eigenvalue weighted by atomic mass is 10.0. The zero-order valence-corrected chi connectivity index (χ0v) is 17.9. The van der Waals surface area contributed by atoms with Crippen molar-refractivity contribution in [2.75, 3.05) is 16.3 Å². The number of amides is 2. The second-order valence-electron chi connectivity index (χ2n) is 8.31. The number of fused-ring (bicyclic) bond motifs is 1. The molecule has 1 atom stereocenters. The summed E-state index contributed by atoms with van der Waals surface area (Å²) in [5.74, 6) is -0.253. The molecule has 1 fully saturated rings. The van der Waals surface area contributed by atoms with Gasteiger partial charge in [0, 0.05) is 25.2 Å². The number of hydrogen-bond acceptors (Lipinski definition) is 4. The maximum Gasteiger partial charge on any atom is 0.419 e. The molecule has 2 amide bonds. The van der Waals surface area contributed by atoms with Gasteiger partial charge in [0.2, 0.25) is 5.91 Å². The van der Waals surface area contributed by atoms with Crippen LogP contribution in [0.25, 0.3) is 11.1 Å². The van der Waals surface area contributed by atoms with Crippen LogP contribution >= 0.6 is 0 Å². The topological polar surface area (TPSA) is 67.7 Å². The van der Waals surface area contributed by atoms with E-state index in [4.69, 9.17) is 4.74 Å². The fourth-order valence-electron chi connectivity index (χ4n) is 4.14. The molecule has 1 saturated carbocycles. The first-order valence-corrected chi connectivity index (χ1v) is 10.6. The van der Waals surface area contributed by atoms with Crippen LogP contribution in [0.5, 0.6) is 5.75 Å². The molecule has 164 valence electrons. The Labute approximate surface area is 185 Å². The largest absolute Gasteiger partial charge is 0.419 e. The minimum absolute atomic E-state index is 0.0976. The molecule has 5 rings (SSSR count). The molecule has 0 spiro atoms. The number of aromatic nitrogens is 2. The van der Waals surface area contributed by atoms with Crippen LogP contribution in [0.3, 0.4) is 0 Å². The van der Waals surface area contributed by atoms with E-state index in [1.165, 1.54) is 36.1 Å². The van der Waals surface area contributed by atoms with Crippen molar-refractivity contribution < 1.29 is 18.7 Å². The highest BCUT2D eigenvalue weighted by Gasteiger charge is 2.35. The molecule has 0 N–H and O–H groups in total. The molecule has 3 aromatic rings. The lowest BCUT2D eigenvalue weighted by molar-refractivity contribution is -0.117. The Morgan fingerprint density at radius 1 is 1.06 bits per heavy atom. The van der Waals surface area contributed by atoms with Gasteiger partial charge in [-0.3, -0.25) is 14.4 Å². The maximum atomic E-state index is 13.2. The Hall–Kier alpha value is -3.68. The number of anilines is 2. The van der Waals surface area contributed by atoms with Gasteiger partial charge in [-0.1, -0.05) is 6.07 Å². The average Bonchev–Trinajstić information content (AvgIpc) is 3.50. The van der Waals surface area contributed by atoms with Crippen molar-refractivity contribution in [3.05, 3.63) is 60.7 Å². The normalized spacial score (nSPS) is 17.8. The summed E-state index contributed by atoms with van der Waals surface area (Å²) < 4.78 is 20.7. The van der Waals surface area contributed by atoms with Gasteiger partial charge in [-0.05, 0) is 61.7 Å². The number of nitrogens with zero attached hydrogens (tertiary/aromatic N) is 4. The van der Waals surface area contributed by atoms with E-state index < -0.39 is 11.9 Å². The Morgan fingerprint density at radius 3 is 2.50 bits per heavy atom. The minimum Gasteiger partial charge on any atom is -0.410 e. The second-order valence-corrected chi connectivity index (χ2v) is 8.31. The quantitative estimate of drug-likeness (QED) is 0.595. The van der Waals surface area contributed by atoms with E-state index in [0.717, 1.165) is 24.0 Å². The first-order valence-electron chi connectivity index (χ1n) is 10.6. The lowest BCUT2D eigenvalue weighted by Gasteiger charge is -2.40. The molecule has 8 heteroatoms. The van der Waals surface area contributed by atoms with Gasteiger partial charge in [0.1, 0.15) is 11.6 Å². The maximum absolute atomic E-state index is 13.2. The highest BCUT2D eigenvalue weighted by Crippen LogP contribution is 2.40. The highest BCUT2D eigenvalue weighted by atomic mass is 19.1. The summed E-state index contributed by atoms with van der Waals surface area (Å²) in [4.78, 5) is 28.6. The molecule has 32 heavy (non-hydrogen) atoms. The molecule has 0 bridgehead atoms. The van der Waals surface area contributed by atoms with Crippen molar-refractivity contribution in [2.45, 2.75) is 38.8 Å². The zero-order valence-electron chi connectivity index (χ0n) is 17.9. The summed E-state index contributed by atoms with van der Waals surface area (Å²) in [7, 11) is 0. The van der Waals surface area contributed by atoms with Crippen molar-refractivity contribution in [3.63, 3.8) is 0 Å². The van der Waals surface area contributed by atoms with Gasteiger partial charge in [0.05, 0.1) is 29.7 Å². The first kappa shape index (κ1) is 20.2. The van der Waals surface area contributed by atoms with Gasteiger partial charge in [-0.15, -0.1) is 0 Å². The molecule has 1 aliphatic heterocycles. The van der Waals surface area contributed by atoms with E-state index in [1.807, 2.05) is 42.2 Å². The molecule has 0 unspecified atom stereocenters. The predicted molar refractivity (Wildman–Crippen MR) is 118 cm³/mol. The van der Waals surface area contributed by atoms with Crippen molar-refractivity contribution in [2.24, 2.45) is 0 Å². The van der Waals surface area contributed by atoms with Gasteiger partial charge in [-0.2, -0.15) is 5.10 Å². The number of carbonyl (C=O) groups excluding carboxylic acids is 2. The summed E-state index contributed by atoms with van der Waals surface area (Å²) in [6, 6.07) is 11.2. The fourth-order valence-corrected chi connectivity index (χ4v) is 4.14. The third-order valence-corrected chi connectivity index (χ3v) is 5.85. The van der Waals surface area contributed by atoms with Gasteiger partial charge >= 0.3 is 6.09 Å². The van der Waals surface area contributed by atoms with E-state index in [1.54, 1.807) is 4.90 Å². The van der Waals surface area contributed by atoms with Crippen molar-refractivity contribution in [1.82, 2.24) is 9.78 Å². The van der Waals surface area contributed by atoms with Crippen LogP contribution in [0.4, 0.5) is 20.6 Å². The minimum atomic E-state index is -0.585. The molecule has 0 radical (unpaired) electrons. The molecule has 2 heterocycles. The van der Waals surface area contributed by atoms with Crippen LogP contribution < -0.4 is 14.5 Å². The molecule has 7 nitrogen and oxygen atoms in total. The third kappa shape index (κ3) is 3.72. The van der Waals surface area contributed by atoms with Crippen LogP contribution in [-0.4, -0.2) is 34.4 Å². The Morgan fingerprint density at radius 2 is 1.81 bits per heavy atom. The Kier molecular flexibility index (Phi) is 4.92. The highest BCUT2D eigenvalue weighted by molar-refractivity contribution is 6.03. The summed E-state index contributed by atoms with van der Waals surface area (Å²) in [5.41, 5.74) is 3.07. The monoisotopic (exact) mass is 434 g/mol. The van der Waals surface area contributed by atoms with Crippen LogP contribution in [0.2, 0.25) is 0 Å². The first-order chi connectivity index (χ1) is 15.4. The summed E-state index contributed by atoms with van der Waals surface area (Å²) >= 11 is 0. The van der Waals surface area contributed by atoms with Crippen LogP contribution in [0, 0.1) is 5.82 Å². The summed E-state index contributed by atoms with van der Waals surface area (Å²) in [6.07, 6.45) is 5.52. The third-order valence-electron chi connectivity index (χ3n) is 5.85. The number of ether oxygens (including phenoxy) is 1. The summed E-state index contributed by atoms with van der Waals surface area (Å²) in [6.45, 7) is 3.67. The van der Waals surface area contributed by atoms with Crippen LogP contribution in [-0.2, 0) is 4.79 Å². The Bertz CT molecular complexity index is 1190. The van der Waals surface area contributed by atoms with Crippen LogP contribution in [0.15, 0.2) is 54.9 Å². The van der Waals surface area contributed by atoms with E-state index in [-0.39, 0.29) is 24.2 Å². The fraction of sp³-hybridized carbons (Fsp3) is 0.292. The van der Waals surface area contributed by atoms with Crippen molar-refractivity contribution >= 4 is 23.4 Å². The molecule has 1 aliphatic carbocycles. The SMILES string of the molecule is CC(=O)N1c2ccc(-c3cnn(C4CC4)c3)cc2N(C(=O)Oc2ccc(F)cc2)C[C@@H]1C. The molecule has 2 aliphatic rings. The van der Waals surface area contributed by atoms with Gasteiger partial charge in [0.25, 0.3) is 0 Å². The number of benzene rings is 2. The molecular weight excluding hydrogens is 411 g/mol. The molecular formula is C24H23FN4O3. The molecule has 2 aromatic carbocycles. The standard InChI is InChI=1S/C24H23FN4O3/c1-15-13-27(24(31)32-21-8-4-19(25)5-9-21)23-11-17(3-10-22(23)29(15)16(2)30)18-12-26-28(14-18)20-6-7-20/h3-5,8-12,14-15,20H,6-7,13H2,1-2H3/t15-/m0/s1. The zero-order chi connectivity index (χ0) is 22.4. The van der Waals surface area contributed by atoms with Crippen LogP contribution in [0.1, 0.15) is 32.7 Å². The number of hydrogen-bond donors (Lipinski definition) is 0. The average molecular weight is 434 g/mol. The number of carbonyl (C=O) groups is 2. The second kappa shape index (κ2) is 7.78. The number of rotatable bonds is 3. The smallest absolute Gasteiger partial charge is 0.410 e. The van der Waals surface area contributed by atoms with E-state index in [0.29, 0.717) is 17.4 Å². The van der Waals surface area contributed by atoms with Crippen molar-refractivity contribution in [3.8, 4) is 16.9 Å². The van der Waals surface area contributed by atoms with Crippen molar-refractivity contribution in [1.29, 1.82) is 0 Å². The van der Waals surface area contributed by atoms with E-state index in [2.05, 4.69) is 5.10 Å². The Balaban J connectivity index is 1.51. The van der Waals surface area contributed by atoms with Gasteiger partial charge in [-0.25, -0.2) is 9.18 Å². The predicted octanol–water partition coefficient (Wildman–Crippen LogP) is 4.78. The molecule has 1 aromatic heterocycles. The summed E-state index contributed by atoms with van der Waals surface area (Å²) in [5, 5.41) is 4.46. The van der Waals surface area contributed by atoms with Gasteiger partial charge in [0.15, 0.2) is 0 Å². The van der Waals surface area contributed by atoms with E-state index >= 15 is 0 Å². The van der Waals surface area contributed by atoms with Gasteiger partial charge < -0.3 is 9.64 Å². The molecule has 0 saturated heterocycles. The van der Waals surface area contributed by atoms with E-state index in [9.17, 15) is 14.0 Å². The lowest BCUT2D eigenvalue weighted by Crippen LogP contribution is -2.52. The number of halogens is 1.